The van der Waals surface area contributed by atoms with Crippen LogP contribution in [0.25, 0.3) is 0 Å². The van der Waals surface area contributed by atoms with Crippen molar-refractivity contribution < 1.29 is 27.2 Å². The summed E-state index contributed by atoms with van der Waals surface area (Å²) in [5, 5.41) is 9.11. The van der Waals surface area contributed by atoms with E-state index < -0.39 is 38.4 Å². The van der Waals surface area contributed by atoms with Crippen molar-refractivity contribution in [1.82, 2.24) is 15.5 Å². The summed E-state index contributed by atoms with van der Waals surface area (Å²) in [6, 6.07) is 0. The molecule has 0 atom stereocenters. The molecular weight excluding hydrogens is 352 g/mol. The first-order chi connectivity index (χ1) is 11.5. The van der Waals surface area contributed by atoms with Crippen LogP contribution in [0.2, 0.25) is 0 Å². The molecule has 0 aliphatic heterocycles. The predicted molar refractivity (Wildman–Crippen MR) is 87.3 cm³/mol. The maximum atomic E-state index is 11.7. The zero-order valence-corrected chi connectivity index (χ0v) is 15.4. The fourth-order valence-electron chi connectivity index (χ4n) is 1.80. The number of hydrogen-bond donors (Lipinski definition) is 2. The van der Waals surface area contributed by atoms with Crippen LogP contribution in [0.5, 0.6) is 0 Å². The lowest BCUT2D eigenvalue weighted by molar-refractivity contribution is -0.115. The Labute approximate surface area is 146 Å². The highest BCUT2D eigenvalue weighted by atomic mass is 32.2. The predicted octanol–water partition coefficient (Wildman–Crippen LogP) is 0.566. The van der Waals surface area contributed by atoms with Crippen LogP contribution in [0, 0.1) is 0 Å². The molecule has 3 N–H and O–H groups in total. The van der Waals surface area contributed by atoms with Gasteiger partial charge in [-0.2, -0.15) is 0 Å². The standard InChI is InChI=1S/C14H24N4O6S/c1-14(2,3)24-12(20)16-8-6-4-5-7-11-17-18-13(23-11)25(21,22)9-10(15)19/h4-9H2,1-3H3,(H2,15,19)(H,16,20). The molecule has 0 bridgehead atoms. The van der Waals surface area contributed by atoms with E-state index in [0.717, 1.165) is 12.8 Å². The molecule has 1 rings (SSSR count). The van der Waals surface area contributed by atoms with Crippen molar-refractivity contribution in [2.45, 2.75) is 57.3 Å². The van der Waals surface area contributed by atoms with Gasteiger partial charge in [0.2, 0.25) is 21.6 Å². The van der Waals surface area contributed by atoms with Crippen LogP contribution < -0.4 is 11.1 Å². The van der Waals surface area contributed by atoms with Gasteiger partial charge in [-0.1, -0.05) is 11.5 Å². The van der Waals surface area contributed by atoms with Gasteiger partial charge in [0, 0.05) is 13.0 Å². The van der Waals surface area contributed by atoms with E-state index in [-0.39, 0.29) is 5.89 Å². The van der Waals surface area contributed by atoms with Gasteiger partial charge in [0.05, 0.1) is 0 Å². The number of hydrogen-bond acceptors (Lipinski definition) is 8. The number of carbonyl (C=O) groups excluding carboxylic acids is 2. The Morgan fingerprint density at radius 1 is 1.20 bits per heavy atom. The molecule has 0 aromatic carbocycles. The SMILES string of the molecule is CC(C)(C)OC(=O)NCCCCCc1nnc(S(=O)(=O)CC(N)=O)o1. The van der Waals surface area contributed by atoms with Gasteiger partial charge in [-0.3, -0.25) is 4.79 Å². The number of nitrogens with zero attached hydrogens (tertiary/aromatic N) is 2. The number of amides is 2. The lowest BCUT2D eigenvalue weighted by atomic mass is 10.2. The second-order valence-corrected chi connectivity index (χ2v) is 8.29. The van der Waals surface area contributed by atoms with Crippen LogP contribution in [0.4, 0.5) is 4.79 Å². The van der Waals surface area contributed by atoms with E-state index in [0.29, 0.717) is 19.4 Å². The molecule has 0 saturated carbocycles. The zero-order valence-electron chi connectivity index (χ0n) is 14.6. The minimum Gasteiger partial charge on any atom is -0.444 e. The largest absolute Gasteiger partial charge is 0.444 e. The molecule has 142 valence electrons. The minimum absolute atomic E-state index is 0.170. The van der Waals surface area contributed by atoms with E-state index in [1.807, 2.05) is 0 Å². The average Bonchev–Trinajstić information content (AvgIpc) is 2.89. The molecule has 1 aromatic heterocycles. The Morgan fingerprint density at radius 2 is 1.88 bits per heavy atom. The Kier molecular flexibility index (Phi) is 7.34. The Hall–Kier alpha value is -2.17. The van der Waals surface area contributed by atoms with Gasteiger partial charge in [0.1, 0.15) is 11.4 Å². The number of ether oxygens (including phenoxy) is 1. The van der Waals surface area contributed by atoms with Crippen molar-refractivity contribution in [3.8, 4) is 0 Å². The summed E-state index contributed by atoms with van der Waals surface area (Å²) in [5.41, 5.74) is 4.32. The van der Waals surface area contributed by atoms with Gasteiger partial charge in [-0.25, -0.2) is 13.2 Å². The van der Waals surface area contributed by atoms with Gasteiger partial charge in [-0.15, -0.1) is 5.10 Å². The summed E-state index contributed by atoms with van der Waals surface area (Å²) < 4.78 is 33.5. The Balaban J connectivity index is 2.28. The third kappa shape index (κ3) is 8.47. The molecule has 2 amide bonds. The fraction of sp³-hybridized carbons (Fsp3) is 0.714. The monoisotopic (exact) mass is 376 g/mol. The molecule has 0 spiro atoms. The van der Waals surface area contributed by atoms with Crippen molar-refractivity contribution in [2.24, 2.45) is 5.73 Å². The molecule has 0 saturated heterocycles. The summed E-state index contributed by atoms with van der Waals surface area (Å²) in [6.45, 7) is 5.83. The molecule has 0 fully saturated rings. The molecular formula is C14H24N4O6S. The first-order valence-electron chi connectivity index (χ1n) is 7.80. The van der Waals surface area contributed by atoms with Crippen molar-refractivity contribution in [2.75, 3.05) is 12.3 Å². The maximum Gasteiger partial charge on any atom is 0.407 e. The van der Waals surface area contributed by atoms with Gasteiger partial charge in [0.25, 0.3) is 0 Å². The molecule has 10 nitrogen and oxygen atoms in total. The van der Waals surface area contributed by atoms with E-state index in [9.17, 15) is 18.0 Å². The summed E-state index contributed by atoms with van der Waals surface area (Å²) in [7, 11) is -3.98. The molecule has 0 radical (unpaired) electrons. The number of aryl methyl sites for hydroxylation is 1. The van der Waals surface area contributed by atoms with Crippen molar-refractivity contribution in [1.29, 1.82) is 0 Å². The highest BCUT2D eigenvalue weighted by Crippen LogP contribution is 2.12. The van der Waals surface area contributed by atoms with Gasteiger partial charge in [-0.05, 0) is 33.6 Å². The van der Waals surface area contributed by atoms with E-state index in [2.05, 4.69) is 15.5 Å². The van der Waals surface area contributed by atoms with Crippen LogP contribution in [-0.2, 0) is 25.8 Å². The van der Waals surface area contributed by atoms with Crippen molar-refractivity contribution >= 4 is 21.8 Å². The zero-order chi connectivity index (χ0) is 19.1. The van der Waals surface area contributed by atoms with Gasteiger partial charge >= 0.3 is 11.3 Å². The van der Waals surface area contributed by atoms with E-state index in [1.165, 1.54) is 0 Å². The first kappa shape index (κ1) is 20.9. The van der Waals surface area contributed by atoms with Crippen molar-refractivity contribution in [3.63, 3.8) is 0 Å². The van der Waals surface area contributed by atoms with E-state index >= 15 is 0 Å². The third-order valence-electron chi connectivity index (χ3n) is 2.78. The highest BCUT2D eigenvalue weighted by Gasteiger charge is 2.24. The minimum atomic E-state index is -3.98. The number of rotatable bonds is 9. The normalized spacial score (nSPS) is 12.0. The summed E-state index contributed by atoms with van der Waals surface area (Å²) in [4.78, 5) is 22.1. The topological polar surface area (TPSA) is 154 Å². The number of nitrogens with one attached hydrogen (secondary N) is 1. The summed E-state index contributed by atoms with van der Waals surface area (Å²) >= 11 is 0. The molecule has 25 heavy (non-hydrogen) atoms. The fourth-order valence-corrected chi connectivity index (χ4v) is 2.68. The Morgan fingerprint density at radius 3 is 2.48 bits per heavy atom. The lowest BCUT2D eigenvalue weighted by Crippen LogP contribution is -2.32. The van der Waals surface area contributed by atoms with Crippen LogP contribution in [0.3, 0.4) is 0 Å². The number of sulfone groups is 1. The van der Waals surface area contributed by atoms with Crippen LogP contribution in [-0.4, -0.2) is 48.5 Å². The number of unbranched alkanes of at least 4 members (excludes halogenated alkanes) is 2. The maximum absolute atomic E-state index is 11.7. The second-order valence-electron chi connectivity index (χ2n) is 6.43. The van der Waals surface area contributed by atoms with Crippen LogP contribution >= 0.6 is 0 Å². The summed E-state index contributed by atoms with van der Waals surface area (Å²) in [6.07, 6.45) is 2.09. The average molecular weight is 376 g/mol. The lowest BCUT2D eigenvalue weighted by Gasteiger charge is -2.19. The molecule has 0 aliphatic carbocycles. The number of aromatic nitrogens is 2. The molecule has 0 aliphatic rings. The second kappa shape index (κ2) is 8.79. The quantitative estimate of drug-likeness (QED) is 0.593. The molecule has 0 unspecified atom stereocenters. The Bertz CT molecular complexity index is 692. The molecule has 1 heterocycles. The number of nitrogens with two attached hydrogens (primary N) is 1. The number of primary amides is 1. The van der Waals surface area contributed by atoms with E-state index in [4.69, 9.17) is 14.9 Å². The number of alkyl carbamates (subject to hydrolysis) is 1. The smallest absolute Gasteiger partial charge is 0.407 e. The highest BCUT2D eigenvalue weighted by molar-refractivity contribution is 7.91. The first-order valence-corrected chi connectivity index (χ1v) is 9.45. The van der Waals surface area contributed by atoms with Crippen LogP contribution in [0.1, 0.15) is 45.9 Å². The van der Waals surface area contributed by atoms with Gasteiger partial charge in [0.15, 0.2) is 0 Å². The van der Waals surface area contributed by atoms with E-state index in [1.54, 1.807) is 20.8 Å². The van der Waals surface area contributed by atoms with Gasteiger partial charge < -0.3 is 20.2 Å². The number of carbonyl (C=O) groups is 2. The van der Waals surface area contributed by atoms with Crippen molar-refractivity contribution in [3.05, 3.63) is 5.89 Å². The third-order valence-corrected chi connectivity index (χ3v) is 4.14. The van der Waals surface area contributed by atoms with Crippen LogP contribution in [0.15, 0.2) is 9.64 Å². The summed E-state index contributed by atoms with van der Waals surface area (Å²) in [5.74, 6) is -1.69. The molecule has 11 heteroatoms. The molecule has 1 aromatic rings.